The first kappa shape index (κ1) is 43.1. The molecule has 220 valence electrons. The van der Waals surface area contributed by atoms with Crippen LogP contribution in [0.15, 0.2) is 59.6 Å². The highest BCUT2D eigenvalue weighted by atomic mass is 35.5. The van der Waals surface area contributed by atoms with Gasteiger partial charge in [-0.2, -0.15) is 0 Å². The van der Waals surface area contributed by atoms with Crippen LogP contribution < -0.4 is 10.6 Å². The van der Waals surface area contributed by atoms with Crippen molar-refractivity contribution in [2.24, 2.45) is 0 Å². The quantitative estimate of drug-likeness (QED) is 0.184. The Morgan fingerprint density at radius 3 is 2.13 bits per heavy atom. The van der Waals surface area contributed by atoms with Gasteiger partial charge in [0.15, 0.2) is 0 Å². The Labute approximate surface area is 245 Å². The SMILES string of the molecule is C=C(C)/C(C)=C(\C=C/COC)CNC(C)CC(C)NC=O.C=C/C=C\c1csc(C)c1Cl.CC.CC.CC. The number of allylic oxidation sites excluding steroid dienone is 4. The summed E-state index contributed by atoms with van der Waals surface area (Å²) in [5.74, 6) is 0. The lowest BCUT2D eigenvalue weighted by Gasteiger charge is -2.19. The summed E-state index contributed by atoms with van der Waals surface area (Å²) >= 11 is 7.63. The number of halogens is 1. The minimum atomic E-state index is 0.170. The number of hydrogen-bond acceptors (Lipinski definition) is 4. The molecule has 1 aromatic rings. The maximum absolute atomic E-state index is 10.4. The fraction of sp³-hybridized carbons (Fsp3) is 0.531. The Balaban J connectivity index is -0.000000283. The highest BCUT2D eigenvalue weighted by Gasteiger charge is 2.08. The van der Waals surface area contributed by atoms with E-state index in [-0.39, 0.29) is 6.04 Å². The molecule has 1 amide bonds. The van der Waals surface area contributed by atoms with E-state index < -0.39 is 0 Å². The molecule has 6 heteroatoms. The van der Waals surface area contributed by atoms with Crippen LogP contribution in [0.5, 0.6) is 0 Å². The average Bonchev–Trinajstić information content (AvgIpc) is 3.25. The second kappa shape index (κ2) is 31.3. The molecule has 0 aliphatic carbocycles. The highest BCUT2D eigenvalue weighted by molar-refractivity contribution is 7.10. The molecular weight excluding hydrogens is 512 g/mol. The molecule has 0 aromatic carbocycles. The molecule has 0 aliphatic rings. The molecule has 0 spiro atoms. The number of hydrogen-bond donors (Lipinski definition) is 2. The smallest absolute Gasteiger partial charge is 0.207 e. The predicted molar refractivity (Wildman–Crippen MR) is 177 cm³/mol. The number of methoxy groups -OCH3 is 1. The molecule has 0 bridgehead atoms. The number of nitrogens with one attached hydrogen (secondary N) is 2. The van der Waals surface area contributed by atoms with Crippen molar-refractivity contribution in [3.05, 3.63) is 75.0 Å². The number of aryl methyl sites for hydroxylation is 1. The van der Waals surface area contributed by atoms with Gasteiger partial charge in [-0.25, -0.2) is 0 Å². The van der Waals surface area contributed by atoms with Crippen molar-refractivity contribution in [3.8, 4) is 0 Å². The molecule has 2 N–H and O–H groups in total. The first-order valence-corrected chi connectivity index (χ1v) is 14.9. The Hall–Kier alpha value is -1.92. The van der Waals surface area contributed by atoms with Crippen LogP contribution in [0.1, 0.15) is 86.1 Å². The second-order valence-electron chi connectivity index (χ2n) is 7.65. The standard InChI is InChI=1S/C17H30N2O2.C9H9ClS.3C2H6/c1-13(2)16(5)17(8-7-9-21-6)11-18-14(3)10-15(4)19-12-20;1-3-4-5-8-6-11-7(2)9(8)10;3*1-2/h7-8,12,14-15,18H,1,9-11H2,2-6H3,(H,19,20);3-6H,1H2,2H3;3*1-2H3/b8-7-,17-16+;5-4-;;;. The van der Waals surface area contributed by atoms with E-state index in [0.29, 0.717) is 12.6 Å². The van der Waals surface area contributed by atoms with Gasteiger partial charge < -0.3 is 15.4 Å². The van der Waals surface area contributed by atoms with Gasteiger partial charge in [-0.1, -0.05) is 102 Å². The van der Waals surface area contributed by atoms with Crippen molar-refractivity contribution in [2.45, 2.75) is 94.7 Å². The zero-order chi connectivity index (χ0) is 30.5. The van der Waals surface area contributed by atoms with Crippen molar-refractivity contribution < 1.29 is 9.53 Å². The van der Waals surface area contributed by atoms with E-state index in [9.17, 15) is 4.79 Å². The first-order chi connectivity index (χ1) is 18.2. The Bertz CT molecular complexity index is 810. The van der Waals surface area contributed by atoms with E-state index in [0.717, 1.165) is 40.4 Å². The number of ether oxygens (including phenoxy) is 1. The summed E-state index contributed by atoms with van der Waals surface area (Å²) in [4.78, 5) is 11.6. The van der Waals surface area contributed by atoms with Crippen LogP contribution in [0.3, 0.4) is 0 Å². The van der Waals surface area contributed by atoms with Gasteiger partial charge in [-0.15, -0.1) is 11.3 Å². The van der Waals surface area contributed by atoms with E-state index in [1.165, 1.54) is 11.1 Å². The minimum absolute atomic E-state index is 0.170. The van der Waals surface area contributed by atoms with Crippen LogP contribution in [0, 0.1) is 6.92 Å². The highest BCUT2D eigenvalue weighted by Crippen LogP contribution is 2.27. The molecule has 4 nitrogen and oxygen atoms in total. The second-order valence-corrected chi connectivity index (χ2v) is 9.11. The van der Waals surface area contributed by atoms with Crippen molar-refractivity contribution in [1.29, 1.82) is 0 Å². The lowest BCUT2D eigenvalue weighted by molar-refractivity contribution is -0.110. The van der Waals surface area contributed by atoms with Crippen LogP contribution in [-0.2, 0) is 9.53 Å². The summed E-state index contributed by atoms with van der Waals surface area (Å²) in [5, 5.41) is 9.15. The number of carbonyl (C=O) groups excluding carboxylic acids is 1. The van der Waals surface area contributed by atoms with E-state index in [1.807, 2.05) is 85.9 Å². The Morgan fingerprint density at radius 2 is 1.71 bits per heavy atom. The van der Waals surface area contributed by atoms with Gasteiger partial charge in [0.1, 0.15) is 0 Å². The molecule has 0 aliphatic heterocycles. The maximum Gasteiger partial charge on any atom is 0.207 e. The third-order valence-corrected chi connectivity index (χ3v) is 6.28. The third kappa shape index (κ3) is 23.2. The van der Waals surface area contributed by atoms with E-state index in [1.54, 1.807) is 24.5 Å². The van der Waals surface area contributed by atoms with Crippen molar-refractivity contribution in [3.63, 3.8) is 0 Å². The van der Waals surface area contributed by atoms with Gasteiger partial charge in [0, 0.05) is 36.2 Å². The van der Waals surface area contributed by atoms with Crippen LogP contribution in [-0.4, -0.2) is 38.8 Å². The monoisotopic (exact) mass is 568 g/mol. The first-order valence-electron chi connectivity index (χ1n) is 13.6. The number of amides is 1. The van der Waals surface area contributed by atoms with Crippen LogP contribution in [0.2, 0.25) is 5.02 Å². The van der Waals surface area contributed by atoms with E-state index in [2.05, 4.69) is 43.7 Å². The molecule has 1 rings (SSSR count). The molecule has 2 atom stereocenters. The molecule has 0 radical (unpaired) electrons. The fourth-order valence-electron chi connectivity index (χ4n) is 2.70. The van der Waals surface area contributed by atoms with Crippen molar-refractivity contribution in [1.82, 2.24) is 10.6 Å². The molecule has 1 aromatic heterocycles. The van der Waals surface area contributed by atoms with E-state index in [4.69, 9.17) is 16.3 Å². The fourth-order valence-corrected chi connectivity index (χ4v) is 3.74. The zero-order valence-corrected chi connectivity index (χ0v) is 27.9. The Kier molecular flexibility index (Phi) is 35.5. The van der Waals surface area contributed by atoms with Gasteiger partial charge in [-0.3, -0.25) is 4.79 Å². The molecule has 1 heterocycles. The van der Waals surface area contributed by atoms with Gasteiger partial charge in [0.05, 0.1) is 11.6 Å². The van der Waals surface area contributed by atoms with Gasteiger partial charge in [0.2, 0.25) is 6.41 Å². The minimum Gasteiger partial charge on any atom is -0.381 e. The van der Waals surface area contributed by atoms with E-state index >= 15 is 0 Å². The molecule has 0 fully saturated rings. The summed E-state index contributed by atoms with van der Waals surface area (Å²) in [7, 11) is 1.68. The summed E-state index contributed by atoms with van der Waals surface area (Å²) in [5.41, 5.74) is 4.55. The molecule has 0 saturated carbocycles. The van der Waals surface area contributed by atoms with Gasteiger partial charge in [-0.05, 0) is 57.6 Å². The molecular formula is C32H57ClN2O2S. The lowest BCUT2D eigenvalue weighted by Crippen LogP contribution is -2.35. The summed E-state index contributed by atoms with van der Waals surface area (Å²) in [6.45, 7) is 31.2. The summed E-state index contributed by atoms with van der Waals surface area (Å²) in [6, 6.07) is 0.486. The van der Waals surface area contributed by atoms with Crippen LogP contribution in [0.25, 0.3) is 6.08 Å². The van der Waals surface area contributed by atoms with Gasteiger partial charge >= 0.3 is 0 Å². The maximum atomic E-state index is 10.4. The predicted octanol–water partition coefficient (Wildman–Crippen LogP) is 9.57. The zero-order valence-electron chi connectivity index (χ0n) is 26.3. The summed E-state index contributed by atoms with van der Waals surface area (Å²) in [6.07, 6.45) is 11.3. The average molecular weight is 569 g/mol. The largest absolute Gasteiger partial charge is 0.381 e. The molecule has 2 unspecified atom stereocenters. The topological polar surface area (TPSA) is 50.4 Å². The number of carbonyl (C=O) groups is 1. The molecule has 0 saturated heterocycles. The normalized spacial score (nSPS) is 12.1. The third-order valence-electron chi connectivity index (χ3n) is 4.74. The van der Waals surface area contributed by atoms with Crippen molar-refractivity contribution >= 4 is 35.4 Å². The number of thiophene rings is 1. The van der Waals surface area contributed by atoms with Crippen LogP contribution in [0.4, 0.5) is 0 Å². The van der Waals surface area contributed by atoms with Gasteiger partial charge in [0.25, 0.3) is 0 Å². The van der Waals surface area contributed by atoms with Crippen molar-refractivity contribution in [2.75, 3.05) is 20.3 Å². The Morgan fingerprint density at radius 1 is 1.13 bits per heavy atom. The molecule has 38 heavy (non-hydrogen) atoms. The summed E-state index contributed by atoms with van der Waals surface area (Å²) < 4.78 is 5.04. The lowest BCUT2D eigenvalue weighted by atomic mass is 10.0. The number of rotatable bonds is 13. The van der Waals surface area contributed by atoms with Crippen LogP contribution >= 0.6 is 22.9 Å².